The zero-order valence-electron chi connectivity index (χ0n) is 22.7. The smallest absolute Gasteiger partial charge is 0.274 e. The van der Waals surface area contributed by atoms with Gasteiger partial charge < -0.3 is 19.9 Å². The summed E-state index contributed by atoms with van der Waals surface area (Å²) in [4.78, 5) is 30.7. The normalized spacial score (nSPS) is 16.8. The number of hydrogen-bond acceptors (Lipinski definition) is 5. The number of fused-ring (bicyclic) bond motifs is 2. The average molecular weight is 548 g/mol. The van der Waals surface area contributed by atoms with Gasteiger partial charge in [0.15, 0.2) is 0 Å². The second-order valence-electron chi connectivity index (χ2n) is 11.1. The molecule has 0 unspecified atom stereocenters. The molecular formula is C33H30FN5O2. The van der Waals surface area contributed by atoms with Gasteiger partial charge in [0.05, 0.1) is 16.7 Å². The maximum Gasteiger partial charge on any atom is 0.274 e. The van der Waals surface area contributed by atoms with Gasteiger partial charge in [-0.25, -0.2) is 14.4 Å². The first kappa shape index (κ1) is 25.4. The first-order chi connectivity index (χ1) is 19.9. The quantitative estimate of drug-likeness (QED) is 0.281. The van der Waals surface area contributed by atoms with E-state index in [2.05, 4.69) is 41.2 Å². The molecule has 0 spiro atoms. The SMILES string of the molecule is CN1CCC(c2ccc(-c3ccc4c(n3)C(=O)N([C@@H](c3nc5ccccc5[nH]3)c3cc(F)ccc3O)C4)cc2)CC1. The number of nitrogens with one attached hydrogen (secondary N) is 1. The highest BCUT2D eigenvalue weighted by atomic mass is 19.1. The number of H-pyrrole nitrogens is 1. The van der Waals surface area contributed by atoms with Crippen LogP contribution in [0.1, 0.15) is 57.8 Å². The van der Waals surface area contributed by atoms with Gasteiger partial charge in [-0.05, 0) is 80.9 Å². The largest absolute Gasteiger partial charge is 0.508 e. The summed E-state index contributed by atoms with van der Waals surface area (Å²) in [6, 6.07) is 22.8. The molecule has 1 amide bonds. The van der Waals surface area contributed by atoms with Crippen LogP contribution in [-0.4, -0.2) is 55.9 Å². The molecule has 1 atom stereocenters. The van der Waals surface area contributed by atoms with E-state index >= 15 is 0 Å². The van der Waals surface area contributed by atoms with Crippen LogP contribution >= 0.6 is 0 Å². The highest BCUT2D eigenvalue weighted by Gasteiger charge is 2.38. The molecule has 3 aromatic carbocycles. The number of benzene rings is 3. The number of imidazole rings is 1. The minimum absolute atomic E-state index is 0.112. The Morgan fingerprint density at radius 1 is 0.976 bits per heavy atom. The number of aromatic hydroxyl groups is 1. The number of nitrogens with zero attached hydrogens (tertiary/aromatic N) is 4. The third kappa shape index (κ3) is 4.64. The molecule has 0 saturated carbocycles. The molecule has 7 nitrogen and oxygen atoms in total. The summed E-state index contributed by atoms with van der Waals surface area (Å²) in [5, 5.41) is 10.8. The Balaban J connectivity index is 1.22. The molecule has 1 saturated heterocycles. The van der Waals surface area contributed by atoms with Crippen LogP contribution in [0.25, 0.3) is 22.3 Å². The van der Waals surface area contributed by atoms with Crippen molar-refractivity contribution in [2.45, 2.75) is 31.3 Å². The number of aromatic nitrogens is 3. The molecule has 2 aliphatic rings. The van der Waals surface area contributed by atoms with Crippen LogP contribution in [-0.2, 0) is 6.54 Å². The van der Waals surface area contributed by atoms with E-state index in [1.54, 1.807) is 4.90 Å². The van der Waals surface area contributed by atoms with Crippen molar-refractivity contribution in [1.82, 2.24) is 24.8 Å². The number of para-hydroxylation sites is 2. The molecule has 4 heterocycles. The minimum atomic E-state index is -0.836. The lowest BCUT2D eigenvalue weighted by Crippen LogP contribution is -2.31. The molecule has 0 radical (unpaired) electrons. The summed E-state index contributed by atoms with van der Waals surface area (Å²) >= 11 is 0. The van der Waals surface area contributed by atoms with Crippen molar-refractivity contribution in [3.8, 4) is 17.0 Å². The number of amides is 1. The minimum Gasteiger partial charge on any atom is -0.508 e. The fraction of sp³-hybridized carbons (Fsp3) is 0.242. The van der Waals surface area contributed by atoms with Gasteiger partial charge in [-0.2, -0.15) is 0 Å². The maximum absolute atomic E-state index is 14.4. The summed E-state index contributed by atoms with van der Waals surface area (Å²) in [5.74, 6) is 0.0980. The van der Waals surface area contributed by atoms with Gasteiger partial charge in [0.25, 0.3) is 5.91 Å². The van der Waals surface area contributed by atoms with Crippen molar-refractivity contribution >= 4 is 16.9 Å². The fourth-order valence-electron chi connectivity index (χ4n) is 6.14. The summed E-state index contributed by atoms with van der Waals surface area (Å²) in [7, 11) is 2.17. The van der Waals surface area contributed by atoms with Gasteiger partial charge in [-0.3, -0.25) is 4.79 Å². The highest BCUT2D eigenvalue weighted by molar-refractivity contribution is 5.97. The molecular weight excluding hydrogens is 517 g/mol. The number of phenols is 1. The molecule has 0 aliphatic carbocycles. The molecule has 206 valence electrons. The lowest BCUT2D eigenvalue weighted by molar-refractivity contribution is 0.0719. The van der Waals surface area contributed by atoms with Crippen LogP contribution in [0.5, 0.6) is 5.75 Å². The van der Waals surface area contributed by atoms with Crippen molar-refractivity contribution < 1.29 is 14.3 Å². The number of likely N-dealkylation sites (tertiary alicyclic amines) is 1. The second kappa shape index (κ2) is 10.1. The first-order valence-corrected chi connectivity index (χ1v) is 14.0. The van der Waals surface area contributed by atoms with E-state index in [1.807, 2.05) is 36.4 Å². The monoisotopic (exact) mass is 547 g/mol. The van der Waals surface area contributed by atoms with E-state index in [0.29, 0.717) is 17.4 Å². The molecule has 8 heteroatoms. The van der Waals surface area contributed by atoms with Crippen LogP contribution in [0.15, 0.2) is 78.9 Å². The molecule has 5 aromatic rings. The lowest BCUT2D eigenvalue weighted by Gasteiger charge is -2.29. The zero-order valence-corrected chi connectivity index (χ0v) is 22.7. The standard InChI is InChI=1S/C33H30FN5O2/c1-38-16-14-21(15-17-38)20-6-8-22(9-7-20)26-12-10-23-19-39(33(41)30(23)35-26)31(25-18-24(34)11-13-29(25)40)32-36-27-4-2-3-5-28(27)37-32/h2-13,18,21,31,40H,14-17,19H2,1H3,(H,36,37)/t31-/m1/s1. The maximum atomic E-state index is 14.4. The van der Waals surface area contributed by atoms with Crippen LogP contribution in [0, 0.1) is 5.82 Å². The summed E-state index contributed by atoms with van der Waals surface area (Å²) in [6.45, 7) is 2.48. The summed E-state index contributed by atoms with van der Waals surface area (Å²) in [6.07, 6.45) is 2.31. The Labute approximate surface area is 237 Å². The number of halogens is 1. The Bertz CT molecular complexity index is 1720. The first-order valence-electron chi connectivity index (χ1n) is 14.0. The van der Waals surface area contributed by atoms with Gasteiger partial charge >= 0.3 is 0 Å². The van der Waals surface area contributed by atoms with Crippen molar-refractivity contribution in [3.05, 3.63) is 113 Å². The Hall–Kier alpha value is -4.56. The van der Waals surface area contributed by atoms with E-state index in [0.717, 1.165) is 53.8 Å². The van der Waals surface area contributed by atoms with E-state index < -0.39 is 11.9 Å². The fourth-order valence-corrected chi connectivity index (χ4v) is 6.14. The van der Waals surface area contributed by atoms with E-state index in [-0.39, 0.29) is 23.8 Å². The van der Waals surface area contributed by atoms with Gasteiger partial charge in [-0.1, -0.05) is 42.5 Å². The topological polar surface area (TPSA) is 85.4 Å². The summed E-state index contributed by atoms with van der Waals surface area (Å²) < 4.78 is 14.4. The summed E-state index contributed by atoms with van der Waals surface area (Å²) in [5.41, 5.74) is 5.92. The second-order valence-corrected chi connectivity index (χ2v) is 11.1. The number of phenolic OH excluding ortho intramolecular Hbond substituents is 1. The predicted molar refractivity (Wildman–Crippen MR) is 155 cm³/mol. The number of aromatic amines is 1. The number of piperidine rings is 1. The average Bonchev–Trinajstić information content (AvgIpc) is 3.56. The van der Waals surface area contributed by atoms with Crippen molar-refractivity contribution in [3.63, 3.8) is 0 Å². The molecule has 41 heavy (non-hydrogen) atoms. The molecule has 0 bridgehead atoms. The third-order valence-electron chi connectivity index (χ3n) is 8.44. The van der Waals surface area contributed by atoms with E-state index in [1.165, 1.54) is 23.8 Å². The van der Waals surface area contributed by atoms with Crippen LogP contribution < -0.4 is 0 Å². The number of hydrogen-bond donors (Lipinski definition) is 2. The number of carbonyl (C=O) groups excluding carboxylic acids is 1. The number of rotatable bonds is 5. The van der Waals surface area contributed by atoms with Gasteiger partial charge in [0, 0.05) is 23.2 Å². The highest BCUT2D eigenvalue weighted by Crippen LogP contribution is 2.39. The Morgan fingerprint density at radius 3 is 2.54 bits per heavy atom. The van der Waals surface area contributed by atoms with Crippen molar-refractivity contribution in [2.75, 3.05) is 20.1 Å². The van der Waals surface area contributed by atoms with Crippen molar-refractivity contribution in [1.29, 1.82) is 0 Å². The lowest BCUT2D eigenvalue weighted by atomic mass is 9.89. The molecule has 2 N–H and O–H groups in total. The van der Waals surface area contributed by atoms with Gasteiger partial charge in [0.1, 0.15) is 29.1 Å². The van der Waals surface area contributed by atoms with Crippen LogP contribution in [0.3, 0.4) is 0 Å². The number of carbonyl (C=O) groups is 1. The molecule has 7 rings (SSSR count). The predicted octanol–water partition coefficient (Wildman–Crippen LogP) is 6.02. The van der Waals surface area contributed by atoms with Crippen LogP contribution in [0.4, 0.5) is 4.39 Å². The van der Waals surface area contributed by atoms with Gasteiger partial charge in [0.2, 0.25) is 0 Å². The van der Waals surface area contributed by atoms with Crippen LogP contribution in [0.2, 0.25) is 0 Å². The zero-order chi connectivity index (χ0) is 28.1. The Morgan fingerprint density at radius 2 is 1.76 bits per heavy atom. The van der Waals surface area contributed by atoms with E-state index in [9.17, 15) is 14.3 Å². The molecule has 2 aromatic heterocycles. The molecule has 2 aliphatic heterocycles. The van der Waals surface area contributed by atoms with Gasteiger partial charge in [-0.15, -0.1) is 0 Å². The Kier molecular flexibility index (Phi) is 6.27. The third-order valence-corrected chi connectivity index (χ3v) is 8.44. The van der Waals surface area contributed by atoms with E-state index in [4.69, 9.17) is 9.97 Å². The van der Waals surface area contributed by atoms with Crippen molar-refractivity contribution in [2.24, 2.45) is 0 Å². The molecule has 1 fully saturated rings. The number of pyridine rings is 1.